The fourth-order valence-electron chi connectivity index (χ4n) is 2.97. The van der Waals surface area contributed by atoms with Crippen molar-refractivity contribution in [2.75, 3.05) is 0 Å². The van der Waals surface area contributed by atoms with E-state index in [9.17, 15) is 0 Å². The maximum absolute atomic E-state index is 6.65. The highest BCUT2D eigenvalue weighted by atomic mass is 35.5. The lowest BCUT2D eigenvalue weighted by molar-refractivity contribution is 0.131. The van der Waals surface area contributed by atoms with Crippen molar-refractivity contribution in [2.45, 2.75) is 46.3 Å². The molecule has 0 aliphatic carbocycles. The normalized spacial score (nSPS) is 12.5. The summed E-state index contributed by atoms with van der Waals surface area (Å²) in [5, 5.41) is 2.92. The molecule has 28 heavy (non-hydrogen) atoms. The Morgan fingerprint density at radius 1 is 0.929 bits per heavy atom. The van der Waals surface area contributed by atoms with Gasteiger partial charge in [-0.2, -0.15) is 0 Å². The summed E-state index contributed by atoms with van der Waals surface area (Å²) >= 11 is 6.65. The number of fused-ring (bicyclic) bond motifs is 1. The molecule has 3 heteroatoms. The Morgan fingerprint density at radius 2 is 1.61 bits per heavy atom. The smallest absolute Gasteiger partial charge is 0.126 e. The van der Waals surface area contributed by atoms with Gasteiger partial charge in [0.25, 0.3) is 0 Å². The van der Waals surface area contributed by atoms with E-state index >= 15 is 0 Å². The van der Waals surface area contributed by atoms with Gasteiger partial charge in [-0.25, -0.2) is 0 Å². The molecule has 0 heterocycles. The van der Waals surface area contributed by atoms with E-state index in [-0.39, 0.29) is 11.7 Å². The molecule has 0 aliphatic rings. The predicted octanol–water partition coefficient (Wildman–Crippen LogP) is 7.54. The Labute approximate surface area is 172 Å². The SMILES string of the molecule is CC(C)Oc1ccccc1/C=C(\Cl)c1ccc2cc(OC(C)(C)C)ccc2c1. The second kappa shape index (κ2) is 8.28. The van der Waals surface area contributed by atoms with Gasteiger partial charge in [0, 0.05) is 10.6 Å². The molecular weight excluding hydrogens is 368 g/mol. The van der Waals surface area contributed by atoms with E-state index in [0.29, 0.717) is 5.03 Å². The average molecular weight is 395 g/mol. The first-order valence-corrected chi connectivity index (χ1v) is 9.95. The number of ether oxygens (including phenoxy) is 2. The van der Waals surface area contributed by atoms with E-state index in [1.807, 2.05) is 77.1 Å². The maximum Gasteiger partial charge on any atom is 0.126 e. The molecule has 2 nitrogen and oxygen atoms in total. The minimum atomic E-state index is -0.217. The minimum absolute atomic E-state index is 0.110. The topological polar surface area (TPSA) is 18.5 Å². The molecule has 0 radical (unpaired) electrons. The van der Waals surface area contributed by atoms with Crippen molar-refractivity contribution >= 4 is 33.5 Å². The zero-order valence-corrected chi connectivity index (χ0v) is 17.9. The minimum Gasteiger partial charge on any atom is -0.490 e. The molecule has 0 fully saturated rings. The van der Waals surface area contributed by atoms with Crippen molar-refractivity contribution in [1.29, 1.82) is 0 Å². The molecule has 0 N–H and O–H groups in total. The van der Waals surface area contributed by atoms with Crippen molar-refractivity contribution in [2.24, 2.45) is 0 Å². The summed E-state index contributed by atoms with van der Waals surface area (Å²) in [5.41, 5.74) is 1.72. The third-order valence-corrected chi connectivity index (χ3v) is 4.40. The Morgan fingerprint density at radius 3 is 2.32 bits per heavy atom. The van der Waals surface area contributed by atoms with Gasteiger partial charge in [0.2, 0.25) is 0 Å². The van der Waals surface area contributed by atoms with Gasteiger partial charge in [-0.3, -0.25) is 0 Å². The summed E-state index contributed by atoms with van der Waals surface area (Å²) in [6.07, 6.45) is 2.07. The van der Waals surface area contributed by atoms with Gasteiger partial charge in [-0.1, -0.05) is 48.0 Å². The largest absolute Gasteiger partial charge is 0.490 e. The van der Waals surface area contributed by atoms with Crippen LogP contribution in [0.4, 0.5) is 0 Å². The van der Waals surface area contributed by atoms with Crippen LogP contribution < -0.4 is 9.47 Å². The molecule has 0 saturated carbocycles. The van der Waals surface area contributed by atoms with Gasteiger partial charge >= 0.3 is 0 Å². The van der Waals surface area contributed by atoms with Gasteiger partial charge in [0.15, 0.2) is 0 Å². The highest BCUT2D eigenvalue weighted by Crippen LogP contribution is 2.31. The summed E-state index contributed by atoms with van der Waals surface area (Å²) in [7, 11) is 0. The number of halogens is 1. The fourth-order valence-corrected chi connectivity index (χ4v) is 3.21. The zero-order chi connectivity index (χ0) is 20.3. The second-order valence-electron chi connectivity index (χ2n) is 8.13. The Kier molecular flexibility index (Phi) is 6.00. The van der Waals surface area contributed by atoms with Gasteiger partial charge in [-0.15, -0.1) is 0 Å². The molecule has 0 amide bonds. The van der Waals surface area contributed by atoms with Crippen molar-refractivity contribution in [3.05, 3.63) is 71.8 Å². The van der Waals surface area contributed by atoms with Crippen LogP contribution in [0.3, 0.4) is 0 Å². The summed E-state index contributed by atoms with van der Waals surface area (Å²) in [6.45, 7) is 10.2. The van der Waals surface area contributed by atoms with Crippen LogP contribution in [0.25, 0.3) is 21.9 Å². The van der Waals surface area contributed by atoms with E-state index in [0.717, 1.165) is 33.4 Å². The standard InChI is InChI=1S/C25H27ClO2/c1-17(2)27-24-9-7-6-8-21(24)16-23(26)20-11-10-19-15-22(28-25(3,4)5)13-12-18(19)14-20/h6-17H,1-5H3/b23-16-. The molecule has 3 aromatic rings. The van der Waals surface area contributed by atoms with E-state index < -0.39 is 0 Å². The molecule has 0 saturated heterocycles. The van der Waals surface area contributed by atoms with E-state index in [1.165, 1.54) is 0 Å². The molecule has 0 unspecified atom stereocenters. The first kappa shape index (κ1) is 20.3. The van der Waals surface area contributed by atoms with E-state index in [1.54, 1.807) is 0 Å². The zero-order valence-electron chi connectivity index (χ0n) is 17.1. The monoisotopic (exact) mass is 394 g/mol. The lowest BCUT2D eigenvalue weighted by atomic mass is 10.0. The van der Waals surface area contributed by atoms with Gasteiger partial charge < -0.3 is 9.47 Å². The van der Waals surface area contributed by atoms with Crippen LogP contribution in [0.2, 0.25) is 0 Å². The highest BCUT2D eigenvalue weighted by molar-refractivity contribution is 6.51. The lowest BCUT2D eigenvalue weighted by Crippen LogP contribution is -2.22. The summed E-state index contributed by atoms with van der Waals surface area (Å²) in [5.74, 6) is 1.70. The van der Waals surface area contributed by atoms with E-state index in [4.69, 9.17) is 21.1 Å². The average Bonchev–Trinajstić information content (AvgIpc) is 2.61. The Bertz CT molecular complexity index is 997. The predicted molar refractivity (Wildman–Crippen MR) is 120 cm³/mol. The molecule has 0 spiro atoms. The van der Waals surface area contributed by atoms with Crippen molar-refractivity contribution in [3.63, 3.8) is 0 Å². The van der Waals surface area contributed by atoms with Gasteiger partial charge in [0.05, 0.1) is 6.10 Å². The number of para-hydroxylation sites is 1. The van der Waals surface area contributed by atoms with Crippen molar-refractivity contribution in [1.82, 2.24) is 0 Å². The Hall–Kier alpha value is -2.45. The van der Waals surface area contributed by atoms with Crippen LogP contribution in [-0.4, -0.2) is 11.7 Å². The first-order valence-electron chi connectivity index (χ1n) is 9.57. The lowest BCUT2D eigenvalue weighted by Gasteiger charge is -2.21. The van der Waals surface area contributed by atoms with E-state index in [2.05, 4.69) is 24.3 Å². The van der Waals surface area contributed by atoms with Crippen LogP contribution in [-0.2, 0) is 0 Å². The summed E-state index contributed by atoms with van der Waals surface area (Å²) in [6, 6.07) is 20.3. The maximum atomic E-state index is 6.65. The fraction of sp³-hybridized carbons (Fsp3) is 0.280. The summed E-state index contributed by atoms with van der Waals surface area (Å²) < 4.78 is 11.8. The number of rotatable bonds is 5. The molecule has 0 aliphatic heterocycles. The number of hydrogen-bond donors (Lipinski definition) is 0. The molecule has 0 aromatic heterocycles. The van der Waals surface area contributed by atoms with Crippen LogP contribution in [0.15, 0.2) is 60.7 Å². The van der Waals surface area contributed by atoms with Crippen LogP contribution >= 0.6 is 11.6 Å². The van der Waals surface area contributed by atoms with Crippen LogP contribution in [0.1, 0.15) is 45.7 Å². The van der Waals surface area contributed by atoms with Gasteiger partial charge in [0.1, 0.15) is 17.1 Å². The Balaban J connectivity index is 1.91. The molecule has 3 rings (SSSR count). The molecule has 3 aromatic carbocycles. The number of hydrogen-bond acceptors (Lipinski definition) is 2. The van der Waals surface area contributed by atoms with Crippen molar-refractivity contribution < 1.29 is 9.47 Å². The highest BCUT2D eigenvalue weighted by Gasteiger charge is 2.12. The van der Waals surface area contributed by atoms with Gasteiger partial charge in [-0.05, 0) is 81.3 Å². The third kappa shape index (κ3) is 5.30. The molecular formula is C25H27ClO2. The molecule has 146 valence electrons. The number of benzene rings is 3. The summed E-state index contributed by atoms with van der Waals surface area (Å²) in [4.78, 5) is 0. The molecule has 0 bridgehead atoms. The third-order valence-electron chi connectivity index (χ3n) is 4.08. The second-order valence-corrected chi connectivity index (χ2v) is 8.54. The first-order chi connectivity index (χ1) is 13.2. The quantitative estimate of drug-likeness (QED) is 0.416. The van der Waals surface area contributed by atoms with Crippen LogP contribution in [0.5, 0.6) is 11.5 Å². The van der Waals surface area contributed by atoms with Crippen LogP contribution in [0, 0.1) is 0 Å². The molecule has 0 atom stereocenters. The van der Waals surface area contributed by atoms with Crippen molar-refractivity contribution in [3.8, 4) is 11.5 Å².